The van der Waals surface area contributed by atoms with Crippen molar-refractivity contribution in [2.75, 3.05) is 4.90 Å². The van der Waals surface area contributed by atoms with Gasteiger partial charge in [-0.05, 0) is 64.4 Å². The number of benzodiazepines with no additional fused rings is 1. The molecule has 3 unspecified atom stereocenters. The van der Waals surface area contributed by atoms with E-state index in [4.69, 9.17) is 10.7 Å². The molecule has 5 aromatic carbocycles. The molecule has 7 heteroatoms. The number of amides is 3. The van der Waals surface area contributed by atoms with E-state index in [0.717, 1.165) is 58.9 Å². The maximum Gasteiger partial charge on any atom is 0.272 e. The number of carbonyl (C=O) groups excluding carboxylic acids is 3. The van der Waals surface area contributed by atoms with Crippen molar-refractivity contribution in [2.45, 2.75) is 58.2 Å². The number of nitrogens with zero attached hydrogens (tertiary/aromatic N) is 2. The summed E-state index contributed by atoms with van der Waals surface area (Å²) in [6, 6.07) is 40.5. The normalized spacial score (nSPS) is 16.9. The van der Waals surface area contributed by atoms with E-state index >= 15 is 0 Å². The van der Waals surface area contributed by atoms with Crippen molar-refractivity contribution in [3.05, 3.63) is 138 Å². The zero-order chi connectivity index (χ0) is 35.3. The minimum absolute atomic E-state index is 0.271. The van der Waals surface area contributed by atoms with E-state index in [9.17, 15) is 14.4 Å². The van der Waals surface area contributed by atoms with Gasteiger partial charge in [0.1, 0.15) is 0 Å². The van der Waals surface area contributed by atoms with Gasteiger partial charge < -0.3 is 16.0 Å². The van der Waals surface area contributed by atoms with Crippen LogP contribution in [0.4, 0.5) is 5.69 Å². The maximum absolute atomic E-state index is 14.8. The highest BCUT2D eigenvalue weighted by Crippen LogP contribution is 2.39. The molecule has 2 aliphatic rings. The summed E-state index contributed by atoms with van der Waals surface area (Å²) in [4.78, 5) is 48.5. The molecule has 3 atom stereocenters. The predicted octanol–water partition coefficient (Wildman–Crippen LogP) is 8.04. The molecule has 0 bridgehead atoms. The average Bonchev–Trinajstić information content (AvgIpc) is 4.00. The molecule has 1 aliphatic carbocycles. The third kappa shape index (κ3) is 7.63. The molecule has 1 heterocycles. The Kier molecular flexibility index (Phi) is 10.1. The first-order chi connectivity index (χ1) is 24.9. The molecule has 0 saturated heterocycles. The van der Waals surface area contributed by atoms with E-state index in [0.29, 0.717) is 30.2 Å². The van der Waals surface area contributed by atoms with Crippen LogP contribution in [0.25, 0.3) is 21.9 Å². The molecule has 0 aromatic heterocycles. The molecule has 7 rings (SSSR count). The van der Waals surface area contributed by atoms with E-state index in [-0.39, 0.29) is 18.4 Å². The van der Waals surface area contributed by atoms with E-state index in [1.54, 1.807) is 4.90 Å². The minimum atomic E-state index is -1.20. The number of para-hydroxylation sites is 1. The Labute approximate surface area is 299 Å². The van der Waals surface area contributed by atoms with Crippen LogP contribution in [0.2, 0.25) is 0 Å². The van der Waals surface area contributed by atoms with E-state index in [1.807, 2.05) is 78.9 Å². The number of carbonyl (C=O) groups is 3. The Balaban J connectivity index is 1.26. The standard InChI is InChI=1S/C44H44N4O3/c1-2-3-18-36(41(45)49)38(26-29-21-22-29)43(50)47-42-44(51)48(39-20-10-9-19-37(39)40(46-42)32-14-5-4-6-15-32)28-30-12-11-17-33(25-30)35-24-23-31-13-7-8-16-34(31)27-35/h4-17,19-20,23-25,27,29,36,38,42H,2-3,18,21-22,26,28H2,1H3,(H2,45,49)(H,47,50). The van der Waals surface area contributed by atoms with Gasteiger partial charge in [0.2, 0.25) is 18.0 Å². The monoisotopic (exact) mass is 676 g/mol. The van der Waals surface area contributed by atoms with Crippen molar-refractivity contribution in [2.24, 2.45) is 28.5 Å². The highest BCUT2D eigenvalue weighted by atomic mass is 16.2. The topological polar surface area (TPSA) is 105 Å². The van der Waals surface area contributed by atoms with Gasteiger partial charge in [-0.25, -0.2) is 4.99 Å². The minimum Gasteiger partial charge on any atom is -0.369 e. The summed E-state index contributed by atoms with van der Waals surface area (Å²) in [7, 11) is 0. The van der Waals surface area contributed by atoms with Crippen LogP contribution < -0.4 is 16.0 Å². The molecule has 1 fully saturated rings. The van der Waals surface area contributed by atoms with Crippen LogP contribution in [0.1, 0.15) is 62.1 Å². The molecule has 3 amide bonds. The Morgan fingerprint density at radius 3 is 2.27 bits per heavy atom. The zero-order valence-electron chi connectivity index (χ0n) is 29.0. The first-order valence-corrected chi connectivity index (χ1v) is 18.1. The highest BCUT2D eigenvalue weighted by Gasteiger charge is 2.40. The van der Waals surface area contributed by atoms with Gasteiger partial charge in [0.15, 0.2) is 0 Å². The fourth-order valence-electron chi connectivity index (χ4n) is 7.29. The number of rotatable bonds is 13. The van der Waals surface area contributed by atoms with Gasteiger partial charge in [0.05, 0.1) is 17.9 Å². The number of fused-ring (bicyclic) bond motifs is 2. The van der Waals surface area contributed by atoms with Gasteiger partial charge in [0, 0.05) is 23.0 Å². The van der Waals surface area contributed by atoms with Crippen molar-refractivity contribution < 1.29 is 14.4 Å². The first-order valence-electron chi connectivity index (χ1n) is 18.1. The molecule has 1 saturated carbocycles. The van der Waals surface area contributed by atoms with E-state index in [1.165, 1.54) is 5.39 Å². The number of benzene rings is 5. The van der Waals surface area contributed by atoms with Crippen LogP contribution in [0.3, 0.4) is 0 Å². The van der Waals surface area contributed by atoms with Crippen molar-refractivity contribution in [1.29, 1.82) is 0 Å². The van der Waals surface area contributed by atoms with Crippen LogP contribution in [-0.4, -0.2) is 29.6 Å². The lowest BCUT2D eigenvalue weighted by atomic mass is 9.83. The van der Waals surface area contributed by atoms with Crippen LogP contribution >= 0.6 is 0 Å². The van der Waals surface area contributed by atoms with E-state index < -0.39 is 23.9 Å². The second-order valence-electron chi connectivity index (χ2n) is 13.9. The Morgan fingerprint density at radius 1 is 0.804 bits per heavy atom. The second kappa shape index (κ2) is 15.1. The molecular weight excluding hydrogens is 633 g/mol. The summed E-state index contributed by atoms with van der Waals surface area (Å²) in [5.74, 6) is -2.00. The summed E-state index contributed by atoms with van der Waals surface area (Å²) in [6.07, 6.45) is 3.66. The first kappa shape index (κ1) is 33.9. The third-order valence-electron chi connectivity index (χ3n) is 10.2. The number of primary amides is 1. The third-order valence-corrected chi connectivity index (χ3v) is 10.2. The highest BCUT2D eigenvalue weighted by molar-refractivity contribution is 6.20. The molecule has 0 radical (unpaired) electrons. The summed E-state index contributed by atoms with van der Waals surface area (Å²) in [5.41, 5.74) is 12.0. The summed E-state index contributed by atoms with van der Waals surface area (Å²) in [6.45, 7) is 2.33. The average molecular weight is 677 g/mol. The lowest BCUT2D eigenvalue weighted by molar-refractivity contribution is -0.135. The number of hydrogen-bond donors (Lipinski definition) is 2. The SMILES string of the molecule is CCCCC(C(N)=O)C(CC1CC1)C(=O)NC1N=C(c2ccccc2)c2ccccc2N(Cc2cccc(-c3ccc4ccccc4c3)c2)C1=O. The van der Waals surface area contributed by atoms with Gasteiger partial charge in [-0.1, -0.05) is 136 Å². The number of nitrogens with two attached hydrogens (primary N) is 1. The predicted molar refractivity (Wildman–Crippen MR) is 204 cm³/mol. The van der Waals surface area contributed by atoms with Gasteiger partial charge in [-0.15, -0.1) is 0 Å². The van der Waals surface area contributed by atoms with E-state index in [2.05, 4.69) is 54.7 Å². The molecule has 258 valence electrons. The van der Waals surface area contributed by atoms with Crippen molar-refractivity contribution in [3.8, 4) is 11.1 Å². The fraction of sp³-hybridized carbons (Fsp3) is 0.273. The Bertz CT molecular complexity index is 2090. The Morgan fingerprint density at radius 2 is 1.51 bits per heavy atom. The van der Waals surface area contributed by atoms with Crippen LogP contribution in [0.5, 0.6) is 0 Å². The van der Waals surface area contributed by atoms with Gasteiger partial charge in [-0.3, -0.25) is 14.4 Å². The number of unbranched alkanes of at least 4 members (excludes halogenated alkanes) is 1. The molecule has 0 spiro atoms. The quantitative estimate of drug-likeness (QED) is 0.132. The summed E-state index contributed by atoms with van der Waals surface area (Å²) in [5, 5.41) is 5.37. The molecule has 7 nitrogen and oxygen atoms in total. The molecule has 3 N–H and O–H groups in total. The second-order valence-corrected chi connectivity index (χ2v) is 13.9. The number of aliphatic imine (C=N–C) groups is 1. The van der Waals surface area contributed by atoms with Gasteiger partial charge >= 0.3 is 0 Å². The van der Waals surface area contributed by atoms with Crippen molar-refractivity contribution in [1.82, 2.24) is 5.32 Å². The summed E-state index contributed by atoms with van der Waals surface area (Å²) >= 11 is 0. The number of anilines is 1. The van der Waals surface area contributed by atoms with Gasteiger partial charge in [0.25, 0.3) is 5.91 Å². The number of hydrogen-bond acceptors (Lipinski definition) is 4. The molecular formula is C44H44N4O3. The van der Waals surface area contributed by atoms with Gasteiger partial charge in [-0.2, -0.15) is 0 Å². The van der Waals surface area contributed by atoms with Crippen LogP contribution in [-0.2, 0) is 20.9 Å². The summed E-state index contributed by atoms with van der Waals surface area (Å²) < 4.78 is 0. The maximum atomic E-state index is 14.8. The molecule has 51 heavy (non-hydrogen) atoms. The fourth-order valence-corrected chi connectivity index (χ4v) is 7.29. The van der Waals surface area contributed by atoms with Crippen LogP contribution in [0, 0.1) is 17.8 Å². The lowest BCUT2D eigenvalue weighted by Gasteiger charge is -2.28. The number of nitrogens with one attached hydrogen (secondary N) is 1. The molecule has 5 aromatic rings. The van der Waals surface area contributed by atoms with Crippen molar-refractivity contribution in [3.63, 3.8) is 0 Å². The largest absolute Gasteiger partial charge is 0.369 e. The van der Waals surface area contributed by atoms with Crippen molar-refractivity contribution >= 4 is 39.9 Å². The van der Waals surface area contributed by atoms with Crippen LogP contribution in [0.15, 0.2) is 126 Å². The molecule has 1 aliphatic heterocycles. The zero-order valence-corrected chi connectivity index (χ0v) is 29.0. The smallest absolute Gasteiger partial charge is 0.272 e. The lowest BCUT2D eigenvalue weighted by Crippen LogP contribution is -2.50. The Hall–Kier alpha value is -5.56.